The Morgan fingerprint density at radius 1 is 1.56 bits per heavy atom. The number of halogens is 3. The van der Waals surface area contributed by atoms with Crippen molar-refractivity contribution in [1.29, 1.82) is 0 Å². The Morgan fingerprint density at radius 2 is 2.11 bits per heavy atom. The van der Waals surface area contributed by atoms with Gasteiger partial charge in [-0.05, 0) is 5.53 Å². The van der Waals surface area contributed by atoms with Crippen LogP contribution in [0.5, 0.6) is 0 Å². The number of carbonyl (C=O) groups excluding carboxylic acids is 1. The van der Waals surface area contributed by atoms with Crippen molar-refractivity contribution in [2.45, 2.75) is 30.3 Å². The summed E-state index contributed by atoms with van der Waals surface area (Å²) in [6.45, 7) is -0.856. The molecule has 1 aliphatic heterocycles. The fourth-order valence-electron chi connectivity index (χ4n) is 2.05. The number of rotatable bonds is 2. The van der Waals surface area contributed by atoms with E-state index in [1.165, 1.54) is 7.85 Å². The summed E-state index contributed by atoms with van der Waals surface area (Å²) in [5.74, 6) is -3.33. The summed E-state index contributed by atoms with van der Waals surface area (Å²) in [7, 11) is 1.21. The van der Waals surface area contributed by atoms with Gasteiger partial charge in [0.05, 0.1) is 24.8 Å². The summed E-state index contributed by atoms with van der Waals surface area (Å²) in [4.78, 5) is 13.9. The van der Waals surface area contributed by atoms with Crippen LogP contribution >= 0.6 is 0 Å². The van der Waals surface area contributed by atoms with E-state index < -0.39 is 42.8 Å². The maximum Gasteiger partial charge on any atom is 0.471 e. The fraction of sp³-hybridized carbons (Fsp3) is 0.857. The van der Waals surface area contributed by atoms with Gasteiger partial charge in [0.2, 0.25) is 0 Å². The molecule has 18 heavy (non-hydrogen) atoms. The monoisotopic (exact) mass is 266 g/mol. The molecule has 1 heterocycles. The Hall–Kier alpha value is -1.45. The molecule has 1 rings (SSSR count). The van der Waals surface area contributed by atoms with Crippen LogP contribution in [0.25, 0.3) is 10.4 Å². The van der Waals surface area contributed by atoms with Gasteiger partial charge in [-0.15, -0.1) is 0 Å². The maximum atomic E-state index is 12.4. The molecule has 2 N–H and O–H groups in total. The second kappa shape index (κ2) is 5.05. The normalized spacial score (nSPS) is 32.2. The number of hydrogen-bond donors (Lipinski definition) is 2. The Bertz CT molecular complexity index is 387. The van der Waals surface area contributed by atoms with E-state index in [0.29, 0.717) is 4.90 Å². The van der Waals surface area contributed by atoms with E-state index in [2.05, 4.69) is 10.0 Å². The van der Waals surface area contributed by atoms with E-state index in [1.807, 2.05) is 0 Å². The van der Waals surface area contributed by atoms with Crippen LogP contribution in [0, 0.1) is 0 Å². The first-order chi connectivity index (χ1) is 8.25. The zero-order chi connectivity index (χ0) is 14.1. The van der Waals surface area contributed by atoms with Gasteiger partial charge in [-0.3, -0.25) is 4.79 Å². The first-order valence-corrected chi connectivity index (χ1v) is 4.98. The number of hydrogen-bond acceptors (Lipinski definition) is 4. The molecule has 0 aromatic rings. The lowest BCUT2D eigenvalue weighted by atomic mass is 9.89. The second-order valence-corrected chi connectivity index (χ2v) is 3.89. The largest absolute Gasteiger partial charge is 0.471 e. The van der Waals surface area contributed by atoms with Crippen molar-refractivity contribution in [3.63, 3.8) is 0 Å². The maximum absolute atomic E-state index is 12.4. The Kier molecular flexibility index (Phi) is 4.10. The highest BCUT2D eigenvalue weighted by Crippen LogP contribution is 2.30. The van der Waals surface area contributed by atoms with E-state index in [4.69, 9.17) is 10.6 Å². The number of nitrogens with zero attached hydrogens (tertiary/aromatic N) is 4. The minimum Gasteiger partial charge on any atom is -0.394 e. The number of carbonyl (C=O) groups is 1. The van der Waals surface area contributed by atoms with Gasteiger partial charge < -0.3 is 15.1 Å². The molecule has 100 valence electrons. The highest BCUT2D eigenvalue weighted by atomic mass is 19.4. The highest BCUT2D eigenvalue weighted by Gasteiger charge is 2.54. The Balaban J connectivity index is 3.10. The predicted molar refractivity (Wildman–Crippen MR) is 55.0 cm³/mol. The molecule has 1 amide bonds. The van der Waals surface area contributed by atoms with Gasteiger partial charge in [-0.2, -0.15) is 13.2 Å². The average molecular weight is 266 g/mol. The van der Waals surface area contributed by atoms with E-state index in [1.54, 1.807) is 0 Å². The van der Waals surface area contributed by atoms with Gasteiger partial charge in [0, 0.05) is 10.9 Å². The lowest BCUT2D eigenvalue weighted by molar-refractivity contribution is -0.188. The van der Waals surface area contributed by atoms with Crippen LogP contribution in [0.3, 0.4) is 0 Å². The molecule has 0 saturated carbocycles. The molecule has 11 heteroatoms. The molecule has 7 nitrogen and oxygen atoms in total. The Labute approximate surface area is 100 Å². The molecular formula is C7H10BF3N4O3. The minimum atomic E-state index is -5.12. The van der Waals surface area contributed by atoms with E-state index in [0.717, 1.165) is 0 Å². The van der Waals surface area contributed by atoms with Gasteiger partial charge in [-0.1, -0.05) is 5.11 Å². The molecule has 0 radical (unpaired) electrons. The lowest BCUT2D eigenvalue weighted by Gasteiger charge is -2.28. The average Bonchev–Trinajstić information content (AvgIpc) is 2.51. The molecule has 0 unspecified atom stereocenters. The summed E-state index contributed by atoms with van der Waals surface area (Å²) in [6.07, 6.45) is -6.65. The van der Waals surface area contributed by atoms with Crippen LogP contribution in [-0.4, -0.2) is 65.8 Å². The van der Waals surface area contributed by atoms with Gasteiger partial charge in [-0.25, -0.2) is 0 Å². The molecule has 0 spiro atoms. The van der Waals surface area contributed by atoms with Crippen LogP contribution in [0.15, 0.2) is 5.11 Å². The van der Waals surface area contributed by atoms with Gasteiger partial charge in [0.1, 0.15) is 7.85 Å². The summed E-state index contributed by atoms with van der Waals surface area (Å²) in [5, 5.41) is 21.8. The van der Waals surface area contributed by atoms with Crippen molar-refractivity contribution in [2.24, 2.45) is 5.11 Å². The van der Waals surface area contributed by atoms with Crippen molar-refractivity contribution in [3.05, 3.63) is 10.4 Å². The summed E-state index contributed by atoms with van der Waals surface area (Å²) >= 11 is 0. The number of aliphatic hydroxyl groups is 2. The number of azide groups is 1. The topological polar surface area (TPSA) is 110 Å². The van der Waals surface area contributed by atoms with E-state index >= 15 is 0 Å². The fourth-order valence-corrected chi connectivity index (χ4v) is 2.05. The standard InChI is InChI=1S/C7H10BF3N4O3/c8-5-3(13-14-12)4(17)2(1-16)15(5)6(18)7(9,10)11/h2-5,16-17H,1,8H2/t2-,3+,4-,5-/m1/s1. The number of likely N-dealkylation sites (tertiary alicyclic amines) is 1. The number of aliphatic hydroxyl groups excluding tert-OH is 2. The minimum absolute atomic E-state index is 0.310. The first-order valence-electron chi connectivity index (χ1n) is 4.98. The van der Waals surface area contributed by atoms with Crippen LogP contribution in [0.1, 0.15) is 0 Å². The van der Waals surface area contributed by atoms with Crippen molar-refractivity contribution in [2.75, 3.05) is 6.61 Å². The van der Waals surface area contributed by atoms with Crippen molar-refractivity contribution < 1.29 is 28.2 Å². The molecule has 1 saturated heterocycles. The third-order valence-electron chi connectivity index (χ3n) is 2.88. The highest BCUT2D eigenvalue weighted by molar-refractivity contribution is 6.14. The van der Waals surface area contributed by atoms with Crippen LogP contribution in [0.2, 0.25) is 0 Å². The zero-order valence-corrected chi connectivity index (χ0v) is 9.24. The van der Waals surface area contributed by atoms with Gasteiger partial charge in [0.15, 0.2) is 0 Å². The van der Waals surface area contributed by atoms with Gasteiger partial charge >= 0.3 is 12.1 Å². The molecule has 0 aliphatic carbocycles. The van der Waals surface area contributed by atoms with E-state index in [-0.39, 0.29) is 0 Å². The lowest BCUT2D eigenvalue weighted by Crippen LogP contribution is -2.51. The molecule has 0 bridgehead atoms. The molecule has 4 atom stereocenters. The summed E-state index contributed by atoms with van der Waals surface area (Å²) < 4.78 is 37.1. The number of alkyl halides is 3. The van der Waals surface area contributed by atoms with Crippen molar-refractivity contribution >= 4 is 13.8 Å². The van der Waals surface area contributed by atoms with E-state index in [9.17, 15) is 23.1 Å². The Morgan fingerprint density at radius 3 is 2.50 bits per heavy atom. The van der Waals surface area contributed by atoms with Gasteiger partial charge in [0.25, 0.3) is 0 Å². The smallest absolute Gasteiger partial charge is 0.394 e. The van der Waals surface area contributed by atoms with Crippen molar-refractivity contribution in [1.82, 2.24) is 4.90 Å². The third-order valence-corrected chi connectivity index (χ3v) is 2.88. The molecule has 1 fully saturated rings. The third kappa shape index (κ3) is 2.38. The summed E-state index contributed by atoms with van der Waals surface area (Å²) in [5.41, 5.74) is 8.26. The number of amides is 1. The van der Waals surface area contributed by atoms with Crippen LogP contribution < -0.4 is 0 Å². The SMILES string of the molecule is B[C@H]1[C@@H](N=[N+]=[N-])[C@H](O)[C@@H](CO)N1C(=O)C(F)(F)F. The molecule has 1 aliphatic rings. The molecule has 0 aromatic carbocycles. The van der Waals surface area contributed by atoms with Crippen molar-refractivity contribution in [3.8, 4) is 0 Å². The van der Waals surface area contributed by atoms with Crippen LogP contribution in [-0.2, 0) is 4.79 Å². The van der Waals surface area contributed by atoms with Crippen LogP contribution in [0.4, 0.5) is 13.2 Å². The molecule has 0 aromatic heterocycles. The quantitative estimate of drug-likeness (QED) is 0.282. The summed E-state index contributed by atoms with van der Waals surface area (Å²) in [6, 6.07) is -2.66. The second-order valence-electron chi connectivity index (χ2n) is 3.89. The predicted octanol–water partition coefficient (Wildman–Crippen LogP) is -1.25. The zero-order valence-electron chi connectivity index (χ0n) is 9.24. The first kappa shape index (κ1) is 14.6. The molecular weight excluding hydrogens is 256 g/mol.